The third-order valence-corrected chi connectivity index (χ3v) is 2.73. The van der Waals surface area contributed by atoms with Gasteiger partial charge in [-0.1, -0.05) is 25.4 Å². The first-order valence-electron chi connectivity index (χ1n) is 5.35. The molecule has 0 aromatic heterocycles. The summed E-state index contributed by atoms with van der Waals surface area (Å²) in [6.07, 6.45) is 0. The summed E-state index contributed by atoms with van der Waals surface area (Å²) < 4.78 is 0. The van der Waals surface area contributed by atoms with Gasteiger partial charge in [-0.3, -0.25) is 4.79 Å². The standard InChI is InChI=1S/C12H14ClNO4/c1-6(2)10(12(17)18)14-11(16)7-3-4-9(15)8(13)5-7/h3-6,10,15H,1-2H3,(H,14,16)(H,17,18)/t10-/m1/s1. The number of aromatic hydroxyl groups is 1. The Morgan fingerprint density at radius 2 is 1.94 bits per heavy atom. The minimum absolute atomic E-state index is 0.0408. The fourth-order valence-corrected chi connectivity index (χ4v) is 1.57. The van der Waals surface area contributed by atoms with Crippen molar-refractivity contribution in [2.75, 3.05) is 0 Å². The van der Waals surface area contributed by atoms with Gasteiger partial charge in [0.05, 0.1) is 5.02 Å². The van der Waals surface area contributed by atoms with Gasteiger partial charge in [0.1, 0.15) is 11.8 Å². The lowest BCUT2D eigenvalue weighted by atomic mass is 10.0. The van der Waals surface area contributed by atoms with Crippen molar-refractivity contribution in [3.05, 3.63) is 28.8 Å². The predicted molar refractivity (Wildman–Crippen MR) is 66.8 cm³/mol. The van der Waals surface area contributed by atoms with E-state index in [1.807, 2.05) is 0 Å². The molecule has 0 radical (unpaired) electrons. The molecule has 0 aliphatic carbocycles. The van der Waals surface area contributed by atoms with Crippen LogP contribution >= 0.6 is 11.6 Å². The summed E-state index contributed by atoms with van der Waals surface area (Å²) in [5.74, 6) is -2.01. The van der Waals surface area contributed by atoms with Gasteiger partial charge in [-0.15, -0.1) is 0 Å². The number of phenolic OH excluding ortho intramolecular Hbond substituents is 1. The van der Waals surface area contributed by atoms with Gasteiger partial charge < -0.3 is 15.5 Å². The Bertz CT molecular complexity index is 473. The van der Waals surface area contributed by atoms with Crippen LogP contribution < -0.4 is 5.32 Å². The second-order valence-corrected chi connectivity index (χ2v) is 4.61. The number of carboxylic acids is 1. The van der Waals surface area contributed by atoms with Gasteiger partial charge in [0.15, 0.2) is 0 Å². The molecule has 98 valence electrons. The molecule has 1 aromatic rings. The Balaban J connectivity index is 2.87. The van der Waals surface area contributed by atoms with E-state index in [1.165, 1.54) is 18.2 Å². The van der Waals surface area contributed by atoms with Gasteiger partial charge in [-0.25, -0.2) is 4.79 Å². The van der Waals surface area contributed by atoms with Crippen LogP contribution in [0, 0.1) is 5.92 Å². The van der Waals surface area contributed by atoms with E-state index in [2.05, 4.69) is 5.32 Å². The van der Waals surface area contributed by atoms with Gasteiger partial charge in [0, 0.05) is 5.56 Å². The minimum atomic E-state index is -1.09. The quantitative estimate of drug-likeness (QED) is 0.780. The van der Waals surface area contributed by atoms with Crippen molar-refractivity contribution < 1.29 is 19.8 Å². The van der Waals surface area contributed by atoms with Crippen LogP contribution in [-0.2, 0) is 4.79 Å². The zero-order valence-corrected chi connectivity index (χ0v) is 10.7. The number of carboxylic acid groups (broad SMARTS) is 1. The van der Waals surface area contributed by atoms with E-state index in [-0.39, 0.29) is 22.3 Å². The van der Waals surface area contributed by atoms with Crippen molar-refractivity contribution in [3.63, 3.8) is 0 Å². The number of phenols is 1. The third-order valence-electron chi connectivity index (χ3n) is 2.43. The third kappa shape index (κ3) is 3.37. The number of amides is 1. The van der Waals surface area contributed by atoms with E-state index in [9.17, 15) is 14.7 Å². The van der Waals surface area contributed by atoms with Crippen molar-refractivity contribution >= 4 is 23.5 Å². The fourth-order valence-electron chi connectivity index (χ4n) is 1.39. The van der Waals surface area contributed by atoms with Crippen LogP contribution in [0.3, 0.4) is 0 Å². The molecule has 5 nitrogen and oxygen atoms in total. The van der Waals surface area contributed by atoms with E-state index in [1.54, 1.807) is 13.8 Å². The number of carbonyl (C=O) groups is 2. The van der Waals surface area contributed by atoms with E-state index in [4.69, 9.17) is 16.7 Å². The molecule has 0 saturated heterocycles. The van der Waals surface area contributed by atoms with Crippen LogP contribution in [0.1, 0.15) is 24.2 Å². The van der Waals surface area contributed by atoms with Crippen molar-refractivity contribution in [1.82, 2.24) is 5.32 Å². The number of halogens is 1. The van der Waals surface area contributed by atoms with Crippen LogP contribution in [-0.4, -0.2) is 28.1 Å². The van der Waals surface area contributed by atoms with Gasteiger partial charge in [-0.05, 0) is 24.1 Å². The van der Waals surface area contributed by atoms with Crippen LogP contribution in [0.5, 0.6) is 5.75 Å². The Morgan fingerprint density at radius 3 is 2.39 bits per heavy atom. The molecule has 1 atom stereocenters. The number of hydrogen-bond donors (Lipinski definition) is 3. The second kappa shape index (κ2) is 5.73. The largest absolute Gasteiger partial charge is 0.506 e. The van der Waals surface area contributed by atoms with Crippen LogP contribution in [0.25, 0.3) is 0 Å². The molecule has 0 aliphatic rings. The van der Waals surface area contributed by atoms with Gasteiger partial charge in [0.2, 0.25) is 0 Å². The number of nitrogens with one attached hydrogen (secondary N) is 1. The van der Waals surface area contributed by atoms with Crippen LogP contribution in [0.2, 0.25) is 5.02 Å². The molecular formula is C12H14ClNO4. The monoisotopic (exact) mass is 271 g/mol. The van der Waals surface area contributed by atoms with E-state index < -0.39 is 17.9 Å². The highest BCUT2D eigenvalue weighted by atomic mass is 35.5. The highest BCUT2D eigenvalue weighted by Gasteiger charge is 2.24. The lowest BCUT2D eigenvalue weighted by Gasteiger charge is -2.17. The molecule has 1 aromatic carbocycles. The van der Waals surface area contributed by atoms with Gasteiger partial charge in [-0.2, -0.15) is 0 Å². The average molecular weight is 272 g/mol. The molecule has 0 aliphatic heterocycles. The highest BCUT2D eigenvalue weighted by Crippen LogP contribution is 2.23. The highest BCUT2D eigenvalue weighted by molar-refractivity contribution is 6.32. The maximum Gasteiger partial charge on any atom is 0.326 e. The number of carbonyl (C=O) groups excluding carboxylic acids is 1. The molecule has 3 N–H and O–H groups in total. The zero-order valence-electron chi connectivity index (χ0n) is 9.98. The predicted octanol–water partition coefficient (Wildman–Crippen LogP) is 1.88. The molecule has 1 rings (SSSR count). The van der Waals surface area contributed by atoms with E-state index >= 15 is 0 Å². The molecule has 0 fully saturated rings. The minimum Gasteiger partial charge on any atom is -0.506 e. The first-order chi connectivity index (χ1) is 8.32. The number of rotatable bonds is 4. The lowest BCUT2D eigenvalue weighted by molar-refractivity contribution is -0.140. The molecule has 0 heterocycles. The molecule has 0 saturated carbocycles. The summed E-state index contributed by atoms with van der Waals surface area (Å²) >= 11 is 5.67. The maximum atomic E-state index is 11.8. The molecule has 1 amide bonds. The fraction of sp³-hybridized carbons (Fsp3) is 0.333. The summed E-state index contributed by atoms with van der Waals surface area (Å²) in [6.45, 7) is 3.39. The molecule has 6 heteroatoms. The normalized spacial score (nSPS) is 12.2. The van der Waals surface area contributed by atoms with Crippen molar-refractivity contribution in [2.45, 2.75) is 19.9 Å². The Morgan fingerprint density at radius 1 is 1.33 bits per heavy atom. The molecular weight excluding hydrogens is 258 g/mol. The summed E-state index contributed by atoms with van der Waals surface area (Å²) in [4.78, 5) is 22.8. The average Bonchev–Trinajstić information content (AvgIpc) is 2.28. The van der Waals surface area contributed by atoms with Crippen molar-refractivity contribution in [1.29, 1.82) is 0 Å². The topological polar surface area (TPSA) is 86.6 Å². The van der Waals surface area contributed by atoms with Gasteiger partial charge in [0.25, 0.3) is 5.91 Å². The Labute approximate surface area is 109 Å². The number of aliphatic carboxylic acids is 1. The Hall–Kier alpha value is -1.75. The second-order valence-electron chi connectivity index (χ2n) is 4.20. The van der Waals surface area contributed by atoms with E-state index in [0.717, 1.165) is 0 Å². The first-order valence-corrected chi connectivity index (χ1v) is 5.73. The summed E-state index contributed by atoms with van der Waals surface area (Å²) in [6, 6.07) is 2.97. The Kier molecular flexibility index (Phi) is 4.55. The zero-order chi connectivity index (χ0) is 13.9. The molecule has 18 heavy (non-hydrogen) atoms. The van der Waals surface area contributed by atoms with Crippen molar-refractivity contribution in [3.8, 4) is 5.75 Å². The number of benzene rings is 1. The molecule has 0 spiro atoms. The lowest BCUT2D eigenvalue weighted by Crippen LogP contribution is -2.44. The SMILES string of the molecule is CC(C)[C@@H](NC(=O)c1ccc(O)c(Cl)c1)C(=O)O. The summed E-state index contributed by atoms with van der Waals surface area (Å²) in [7, 11) is 0. The molecule has 0 bridgehead atoms. The van der Waals surface area contributed by atoms with Crippen molar-refractivity contribution in [2.24, 2.45) is 5.92 Å². The smallest absolute Gasteiger partial charge is 0.326 e. The maximum absolute atomic E-state index is 11.8. The number of hydrogen-bond acceptors (Lipinski definition) is 3. The van der Waals surface area contributed by atoms with E-state index in [0.29, 0.717) is 0 Å². The van der Waals surface area contributed by atoms with Gasteiger partial charge >= 0.3 is 5.97 Å². The summed E-state index contributed by atoms with van der Waals surface area (Å²) in [5.41, 5.74) is 0.199. The first kappa shape index (κ1) is 14.3. The van der Waals surface area contributed by atoms with Crippen LogP contribution in [0.15, 0.2) is 18.2 Å². The van der Waals surface area contributed by atoms with Crippen LogP contribution in [0.4, 0.5) is 0 Å². The molecule has 0 unspecified atom stereocenters. The summed E-state index contributed by atoms with van der Waals surface area (Å²) in [5, 5.41) is 20.6.